The van der Waals surface area contributed by atoms with Crippen LogP contribution in [0.3, 0.4) is 0 Å². The van der Waals surface area contributed by atoms with E-state index in [1.54, 1.807) is 0 Å². The Bertz CT molecular complexity index is 1190. The lowest BCUT2D eigenvalue weighted by Crippen LogP contribution is -2.54. The van der Waals surface area contributed by atoms with Crippen molar-refractivity contribution in [1.29, 1.82) is 0 Å². The van der Waals surface area contributed by atoms with Gasteiger partial charge in [-0.25, -0.2) is 0 Å². The molecule has 0 aliphatic heterocycles. The summed E-state index contributed by atoms with van der Waals surface area (Å²) in [7, 11) is 0. The SMILES string of the molecule is CCC[C@]12c3ccc([15NH2])cc3[C@]3(CCC)c4ccc([15NH2])cc4[C@](CCC)(c4ccc([15NH2])cc41)C23C. The smallest absolute Gasteiger partial charge is 0.0317 e. The van der Waals surface area contributed by atoms with Crippen molar-refractivity contribution in [1.82, 2.24) is 0 Å². The molecule has 0 fully saturated rings. The zero-order valence-corrected chi connectivity index (χ0v) is 21.7. The molecule has 0 saturated carbocycles. The lowest BCUT2D eigenvalue weighted by Gasteiger charge is -2.53. The van der Waals surface area contributed by atoms with Crippen LogP contribution in [0.4, 0.5) is 17.1 Å². The molecule has 3 aliphatic carbocycles. The molecule has 0 amide bonds. The van der Waals surface area contributed by atoms with Crippen LogP contribution in [-0.4, -0.2) is 0 Å². The summed E-state index contributed by atoms with van der Waals surface area (Å²) in [6.07, 6.45) is 6.61. The highest BCUT2D eigenvalue weighted by atomic mass is 15.4. The predicted molar refractivity (Wildman–Crippen MR) is 148 cm³/mol. The molecule has 3 heteroatoms. The van der Waals surface area contributed by atoms with Gasteiger partial charge in [-0.3, -0.25) is 0 Å². The molecule has 6 rings (SSSR count). The topological polar surface area (TPSA) is 78.1 Å². The second-order valence-electron chi connectivity index (χ2n) is 11.5. The standard InChI is InChI=1S/C32H39N3/c1-5-14-30-23-11-8-21(34)18-27(23)32(16-7-3)25-13-10-22(35)19-28(25)31(15-6-2,29(30,32)4)24-12-9-20(33)17-26(24)30/h8-13,17-19H,5-7,14-16,33-35H2,1-4H3/t29?,30-,31-,32-/m0/s1/i33+1,34+1,35+1. The Morgan fingerprint density at radius 2 is 0.771 bits per heavy atom. The molecule has 0 bridgehead atoms. The van der Waals surface area contributed by atoms with E-state index in [-0.39, 0.29) is 21.7 Å². The molecule has 0 radical (unpaired) electrons. The number of hydrogen-bond acceptors (Lipinski definition) is 3. The summed E-state index contributed by atoms with van der Waals surface area (Å²) >= 11 is 0. The number of rotatable bonds is 6. The molecular formula is C32H39N3. The Kier molecular flexibility index (Phi) is 4.54. The van der Waals surface area contributed by atoms with Gasteiger partial charge in [-0.15, -0.1) is 0 Å². The quantitative estimate of drug-likeness (QED) is 0.268. The van der Waals surface area contributed by atoms with E-state index in [2.05, 4.69) is 82.3 Å². The van der Waals surface area contributed by atoms with E-state index in [4.69, 9.17) is 17.2 Å². The Hall–Kier alpha value is -2.94. The molecule has 0 spiro atoms. The maximum Gasteiger partial charge on any atom is 0.0317 e. The van der Waals surface area contributed by atoms with Crippen LogP contribution in [0.5, 0.6) is 0 Å². The van der Waals surface area contributed by atoms with Crippen LogP contribution in [0.15, 0.2) is 54.6 Å². The molecule has 3 nitrogen and oxygen atoms in total. The summed E-state index contributed by atoms with van der Waals surface area (Å²) in [5, 5.41) is 0. The van der Waals surface area contributed by atoms with Gasteiger partial charge < -0.3 is 17.2 Å². The number of fused-ring (bicyclic) bond motifs is 9. The maximum atomic E-state index is 6.54. The molecule has 3 aliphatic rings. The van der Waals surface area contributed by atoms with Gasteiger partial charge in [0.25, 0.3) is 0 Å². The van der Waals surface area contributed by atoms with Crippen LogP contribution in [0.1, 0.15) is 99.6 Å². The third kappa shape index (κ3) is 2.13. The van der Waals surface area contributed by atoms with Gasteiger partial charge in [-0.1, -0.05) is 65.2 Å². The van der Waals surface area contributed by atoms with Crippen LogP contribution in [0.25, 0.3) is 0 Å². The van der Waals surface area contributed by atoms with Crippen molar-refractivity contribution in [3.63, 3.8) is 0 Å². The first-order valence-corrected chi connectivity index (χ1v) is 13.5. The van der Waals surface area contributed by atoms with Crippen molar-refractivity contribution in [2.24, 2.45) is 5.41 Å². The summed E-state index contributed by atoms with van der Waals surface area (Å²) in [6.45, 7) is 9.62. The maximum absolute atomic E-state index is 6.54. The summed E-state index contributed by atoms with van der Waals surface area (Å²) in [5.41, 5.74) is 30.4. The Morgan fingerprint density at radius 1 is 0.486 bits per heavy atom. The summed E-state index contributed by atoms with van der Waals surface area (Å²) in [6, 6.07) is 20.3. The van der Waals surface area contributed by atoms with Crippen molar-refractivity contribution in [2.45, 2.75) is 82.5 Å². The summed E-state index contributed by atoms with van der Waals surface area (Å²) in [5.74, 6) is 0. The highest BCUT2D eigenvalue weighted by molar-refractivity contribution is 5.80. The second kappa shape index (κ2) is 7.06. The fraction of sp³-hybridized carbons (Fsp3) is 0.438. The summed E-state index contributed by atoms with van der Waals surface area (Å²) in [4.78, 5) is 0. The van der Waals surface area contributed by atoms with E-state index >= 15 is 0 Å². The monoisotopic (exact) mass is 468 g/mol. The first-order valence-electron chi connectivity index (χ1n) is 13.5. The van der Waals surface area contributed by atoms with Gasteiger partial charge in [0.2, 0.25) is 0 Å². The van der Waals surface area contributed by atoms with Crippen molar-refractivity contribution in [3.05, 3.63) is 88.0 Å². The minimum Gasteiger partial charge on any atom is -0.399 e. The molecule has 3 aromatic carbocycles. The van der Waals surface area contributed by atoms with Gasteiger partial charge >= 0.3 is 0 Å². The second-order valence-corrected chi connectivity index (χ2v) is 11.5. The van der Waals surface area contributed by atoms with Crippen molar-refractivity contribution in [2.75, 3.05) is 17.2 Å². The van der Waals surface area contributed by atoms with E-state index in [9.17, 15) is 0 Å². The minimum absolute atomic E-state index is 0.0859. The highest BCUT2D eigenvalue weighted by Gasteiger charge is 2.82. The number of nitrogen functional groups attached to an aromatic ring is 3. The van der Waals surface area contributed by atoms with Crippen LogP contribution in [0, 0.1) is 5.41 Å². The molecule has 0 aromatic heterocycles. The van der Waals surface area contributed by atoms with Gasteiger partial charge in [0.05, 0.1) is 0 Å². The van der Waals surface area contributed by atoms with Gasteiger partial charge in [0, 0.05) is 38.7 Å². The van der Waals surface area contributed by atoms with Gasteiger partial charge in [-0.05, 0) is 89.0 Å². The molecule has 6 N–H and O–H groups in total. The summed E-state index contributed by atoms with van der Waals surface area (Å²) < 4.78 is 0. The fourth-order valence-electron chi connectivity index (χ4n) is 9.69. The number of anilines is 3. The van der Waals surface area contributed by atoms with Gasteiger partial charge in [0.1, 0.15) is 0 Å². The largest absolute Gasteiger partial charge is 0.399 e. The van der Waals surface area contributed by atoms with E-state index in [0.29, 0.717) is 0 Å². The molecule has 0 heterocycles. The van der Waals surface area contributed by atoms with E-state index < -0.39 is 0 Å². The van der Waals surface area contributed by atoms with Crippen LogP contribution >= 0.6 is 0 Å². The van der Waals surface area contributed by atoms with Crippen molar-refractivity contribution in [3.8, 4) is 0 Å². The van der Waals surface area contributed by atoms with E-state index in [1.165, 1.54) is 33.4 Å². The zero-order chi connectivity index (χ0) is 24.8. The van der Waals surface area contributed by atoms with Crippen molar-refractivity contribution < 1.29 is 0 Å². The fourth-order valence-corrected chi connectivity index (χ4v) is 9.69. The van der Waals surface area contributed by atoms with Crippen LogP contribution < -0.4 is 17.2 Å². The molecule has 3 atom stereocenters. The van der Waals surface area contributed by atoms with E-state index in [1.807, 2.05) is 0 Å². The third-order valence-corrected chi connectivity index (χ3v) is 10.3. The normalized spacial score (nSPS) is 31.2. The number of hydrogen-bond donors (Lipinski definition) is 3. The minimum atomic E-state index is -0.131. The Morgan fingerprint density at radius 3 is 1.03 bits per heavy atom. The van der Waals surface area contributed by atoms with Crippen LogP contribution in [-0.2, 0) is 16.2 Å². The average molecular weight is 469 g/mol. The molecule has 0 unspecified atom stereocenters. The molecule has 182 valence electrons. The zero-order valence-electron chi connectivity index (χ0n) is 21.7. The predicted octanol–water partition coefficient (Wildman–Crippen LogP) is 7.04. The van der Waals surface area contributed by atoms with Gasteiger partial charge in [0.15, 0.2) is 0 Å². The Labute approximate surface area is 210 Å². The van der Waals surface area contributed by atoms with Gasteiger partial charge in [-0.2, -0.15) is 0 Å². The Balaban J connectivity index is 1.92. The molecule has 35 heavy (non-hydrogen) atoms. The number of nitrogens with two attached hydrogens (primary N) is 3. The third-order valence-electron chi connectivity index (χ3n) is 10.3. The van der Waals surface area contributed by atoms with Crippen molar-refractivity contribution >= 4 is 17.1 Å². The molecule has 3 aromatic rings. The number of benzene rings is 3. The van der Waals surface area contributed by atoms with Crippen LogP contribution in [0.2, 0.25) is 0 Å². The van der Waals surface area contributed by atoms with E-state index in [0.717, 1.165) is 55.6 Å². The first kappa shape index (κ1) is 22.5. The highest BCUT2D eigenvalue weighted by Crippen LogP contribution is 2.85. The first-order chi connectivity index (χ1) is 16.8. The lowest BCUT2D eigenvalue weighted by molar-refractivity contribution is 0.0540. The molecular weight excluding hydrogens is 429 g/mol. The molecule has 0 saturated heterocycles. The lowest BCUT2D eigenvalue weighted by atomic mass is 9.48. The average Bonchev–Trinajstić information content (AvgIpc) is 3.22.